The number of nitrogens with one attached hydrogen (secondary N) is 1. The zero-order chi connectivity index (χ0) is 13.1. The van der Waals surface area contributed by atoms with Crippen molar-refractivity contribution in [2.24, 2.45) is 17.7 Å². The first-order valence-electron chi connectivity index (χ1n) is 6.86. The molecule has 4 nitrogen and oxygen atoms in total. The number of nitrogens with two attached hydrogens (primary N) is 1. The third-order valence-electron chi connectivity index (χ3n) is 4.10. The van der Waals surface area contributed by atoms with E-state index in [0.717, 1.165) is 23.7 Å². The molecule has 5 heteroatoms. The number of nitrogens with zero attached hydrogens (tertiary/aromatic N) is 2. The third kappa shape index (κ3) is 2.56. The van der Waals surface area contributed by atoms with Crippen LogP contribution in [-0.4, -0.2) is 9.78 Å². The minimum absolute atomic E-state index is 0.115. The van der Waals surface area contributed by atoms with E-state index >= 15 is 0 Å². The Bertz CT molecular complexity index is 390. The molecular weight excluding hydrogens is 248 g/mol. The van der Waals surface area contributed by atoms with Gasteiger partial charge in [-0.15, -0.1) is 0 Å². The standard InChI is InChI=1S/C13H23ClN4/c1-3-7-18-13(11(14)8-16-18)12(17-15)10-6-4-5-9(10)2/h8-10,12,17H,3-7,15H2,1-2H3. The summed E-state index contributed by atoms with van der Waals surface area (Å²) in [6.45, 7) is 5.33. The van der Waals surface area contributed by atoms with Gasteiger partial charge in [-0.25, -0.2) is 0 Å². The van der Waals surface area contributed by atoms with Crippen LogP contribution in [0.15, 0.2) is 6.20 Å². The fourth-order valence-electron chi connectivity index (χ4n) is 3.15. The lowest BCUT2D eigenvalue weighted by Crippen LogP contribution is -2.36. The Morgan fingerprint density at radius 3 is 2.94 bits per heavy atom. The monoisotopic (exact) mass is 270 g/mol. The lowest BCUT2D eigenvalue weighted by atomic mass is 9.88. The van der Waals surface area contributed by atoms with Crippen molar-refractivity contribution in [3.05, 3.63) is 16.9 Å². The molecule has 0 amide bonds. The highest BCUT2D eigenvalue weighted by atomic mass is 35.5. The molecule has 3 unspecified atom stereocenters. The average molecular weight is 271 g/mol. The van der Waals surface area contributed by atoms with Crippen molar-refractivity contribution >= 4 is 11.6 Å². The third-order valence-corrected chi connectivity index (χ3v) is 4.39. The van der Waals surface area contributed by atoms with Crippen LogP contribution in [0.2, 0.25) is 5.02 Å². The molecule has 1 heterocycles. The summed E-state index contributed by atoms with van der Waals surface area (Å²) in [6.07, 6.45) is 6.55. The minimum Gasteiger partial charge on any atom is -0.271 e. The summed E-state index contributed by atoms with van der Waals surface area (Å²) in [7, 11) is 0. The predicted octanol–water partition coefficient (Wildman–Crippen LogP) is 2.89. The molecular formula is C13H23ClN4. The van der Waals surface area contributed by atoms with Crippen molar-refractivity contribution in [3.63, 3.8) is 0 Å². The quantitative estimate of drug-likeness (QED) is 0.639. The summed E-state index contributed by atoms with van der Waals surface area (Å²) < 4.78 is 2.00. The first-order chi connectivity index (χ1) is 8.69. The zero-order valence-electron chi connectivity index (χ0n) is 11.2. The van der Waals surface area contributed by atoms with E-state index in [-0.39, 0.29) is 6.04 Å². The largest absolute Gasteiger partial charge is 0.271 e. The second kappa shape index (κ2) is 6.04. The molecule has 1 aromatic rings. The first kappa shape index (κ1) is 13.8. The van der Waals surface area contributed by atoms with Gasteiger partial charge >= 0.3 is 0 Å². The Labute approximate surface area is 114 Å². The maximum absolute atomic E-state index is 6.30. The normalized spacial score (nSPS) is 25.6. The van der Waals surface area contributed by atoms with Gasteiger partial charge in [0, 0.05) is 6.54 Å². The molecule has 0 aliphatic heterocycles. The lowest BCUT2D eigenvalue weighted by molar-refractivity contribution is 0.289. The van der Waals surface area contributed by atoms with E-state index in [1.165, 1.54) is 19.3 Å². The highest BCUT2D eigenvalue weighted by molar-refractivity contribution is 6.31. The van der Waals surface area contributed by atoms with E-state index in [2.05, 4.69) is 24.4 Å². The van der Waals surface area contributed by atoms with Crippen molar-refractivity contribution in [1.82, 2.24) is 15.2 Å². The van der Waals surface area contributed by atoms with Gasteiger partial charge in [0.2, 0.25) is 0 Å². The fraction of sp³-hybridized carbons (Fsp3) is 0.769. The van der Waals surface area contributed by atoms with Crippen molar-refractivity contribution in [2.75, 3.05) is 0 Å². The maximum atomic E-state index is 6.30. The molecule has 0 saturated heterocycles. The summed E-state index contributed by atoms with van der Waals surface area (Å²) in [5, 5.41) is 5.09. The molecule has 3 atom stereocenters. The highest BCUT2D eigenvalue weighted by Crippen LogP contribution is 2.41. The Morgan fingerprint density at radius 1 is 1.61 bits per heavy atom. The van der Waals surface area contributed by atoms with Gasteiger partial charge in [-0.3, -0.25) is 16.0 Å². The molecule has 1 fully saturated rings. The maximum Gasteiger partial charge on any atom is 0.0834 e. The number of aryl methyl sites for hydroxylation is 1. The molecule has 1 aromatic heterocycles. The van der Waals surface area contributed by atoms with Gasteiger partial charge in [0.25, 0.3) is 0 Å². The first-order valence-corrected chi connectivity index (χ1v) is 7.24. The van der Waals surface area contributed by atoms with Crippen LogP contribution in [0.5, 0.6) is 0 Å². The molecule has 1 aliphatic rings. The number of hydrazine groups is 1. The summed E-state index contributed by atoms with van der Waals surface area (Å²) >= 11 is 6.30. The van der Waals surface area contributed by atoms with E-state index in [4.69, 9.17) is 17.4 Å². The van der Waals surface area contributed by atoms with Gasteiger partial charge in [-0.2, -0.15) is 5.10 Å². The van der Waals surface area contributed by atoms with E-state index in [9.17, 15) is 0 Å². The van der Waals surface area contributed by atoms with Crippen molar-refractivity contribution in [3.8, 4) is 0 Å². The number of rotatable bonds is 5. The SMILES string of the molecule is CCCn1ncc(Cl)c1C(NN)C1CCCC1C. The fourth-order valence-corrected chi connectivity index (χ4v) is 3.40. The van der Waals surface area contributed by atoms with Crippen molar-refractivity contribution in [1.29, 1.82) is 0 Å². The van der Waals surface area contributed by atoms with Crippen LogP contribution in [0.25, 0.3) is 0 Å². The van der Waals surface area contributed by atoms with Crippen molar-refractivity contribution < 1.29 is 0 Å². The number of hydrogen-bond donors (Lipinski definition) is 2. The molecule has 0 aromatic carbocycles. The van der Waals surface area contributed by atoms with Crippen LogP contribution in [0.1, 0.15) is 51.3 Å². The second-order valence-electron chi connectivity index (χ2n) is 5.32. The number of halogens is 1. The topological polar surface area (TPSA) is 55.9 Å². The summed E-state index contributed by atoms with van der Waals surface area (Å²) in [5.74, 6) is 7.03. The minimum atomic E-state index is 0.115. The Balaban J connectivity index is 2.28. The Morgan fingerprint density at radius 2 is 2.39 bits per heavy atom. The summed E-state index contributed by atoms with van der Waals surface area (Å²) in [6, 6.07) is 0.115. The predicted molar refractivity (Wildman–Crippen MR) is 74.1 cm³/mol. The molecule has 0 bridgehead atoms. The average Bonchev–Trinajstić information content (AvgIpc) is 2.91. The van der Waals surface area contributed by atoms with Gasteiger partial charge < -0.3 is 0 Å². The second-order valence-corrected chi connectivity index (χ2v) is 5.72. The zero-order valence-corrected chi connectivity index (χ0v) is 12.0. The van der Waals surface area contributed by atoms with Crippen LogP contribution in [0, 0.1) is 11.8 Å². The van der Waals surface area contributed by atoms with Crippen molar-refractivity contribution in [2.45, 2.75) is 52.1 Å². The van der Waals surface area contributed by atoms with Gasteiger partial charge in [0.05, 0.1) is 23.0 Å². The van der Waals surface area contributed by atoms with Gasteiger partial charge in [0.15, 0.2) is 0 Å². The lowest BCUT2D eigenvalue weighted by Gasteiger charge is -2.27. The summed E-state index contributed by atoms with van der Waals surface area (Å²) in [5.41, 5.74) is 4.03. The van der Waals surface area contributed by atoms with Gasteiger partial charge in [-0.05, 0) is 24.7 Å². The van der Waals surface area contributed by atoms with Crippen LogP contribution in [-0.2, 0) is 6.54 Å². The Kier molecular flexibility index (Phi) is 4.65. The molecule has 3 N–H and O–H groups in total. The summed E-state index contributed by atoms with van der Waals surface area (Å²) in [4.78, 5) is 0. The number of aromatic nitrogens is 2. The van der Waals surface area contributed by atoms with E-state index in [1.54, 1.807) is 6.20 Å². The van der Waals surface area contributed by atoms with E-state index in [0.29, 0.717) is 11.8 Å². The van der Waals surface area contributed by atoms with Gasteiger partial charge in [-0.1, -0.05) is 38.3 Å². The molecule has 2 rings (SSSR count). The molecule has 0 radical (unpaired) electrons. The molecule has 1 aliphatic carbocycles. The van der Waals surface area contributed by atoms with E-state index < -0.39 is 0 Å². The van der Waals surface area contributed by atoms with Crippen LogP contribution >= 0.6 is 11.6 Å². The highest BCUT2D eigenvalue weighted by Gasteiger charge is 2.34. The van der Waals surface area contributed by atoms with Gasteiger partial charge in [0.1, 0.15) is 0 Å². The molecule has 1 saturated carbocycles. The van der Waals surface area contributed by atoms with Crippen LogP contribution in [0.3, 0.4) is 0 Å². The number of hydrogen-bond acceptors (Lipinski definition) is 3. The van der Waals surface area contributed by atoms with Crippen LogP contribution in [0.4, 0.5) is 0 Å². The smallest absolute Gasteiger partial charge is 0.0834 e. The molecule has 18 heavy (non-hydrogen) atoms. The Hall–Kier alpha value is -0.580. The van der Waals surface area contributed by atoms with E-state index in [1.807, 2.05) is 4.68 Å². The molecule has 0 spiro atoms. The van der Waals surface area contributed by atoms with Crippen LogP contribution < -0.4 is 11.3 Å². The molecule has 102 valence electrons.